The van der Waals surface area contributed by atoms with Crippen molar-refractivity contribution >= 4 is 0 Å². The highest BCUT2D eigenvalue weighted by atomic mass is 14.9. The van der Waals surface area contributed by atoms with Gasteiger partial charge in [-0.2, -0.15) is 0 Å². The van der Waals surface area contributed by atoms with E-state index in [1.807, 2.05) is 0 Å². The molecule has 0 spiro atoms. The van der Waals surface area contributed by atoms with Crippen molar-refractivity contribution in [2.75, 3.05) is 19.6 Å². The molecule has 0 aromatic heterocycles. The van der Waals surface area contributed by atoms with Gasteiger partial charge < -0.3 is 11.1 Å². The monoisotopic (exact) mass is 168 g/mol. The topological polar surface area (TPSA) is 38.0 Å². The summed E-state index contributed by atoms with van der Waals surface area (Å²) in [7, 11) is 0. The third kappa shape index (κ3) is 1.50. The van der Waals surface area contributed by atoms with Gasteiger partial charge in [-0.25, -0.2) is 0 Å². The molecule has 2 aliphatic rings. The van der Waals surface area contributed by atoms with Crippen LogP contribution in [-0.2, 0) is 0 Å². The average molecular weight is 168 g/mol. The largest absolute Gasteiger partial charge is 0.330 e. The molecule has 0 bridgehead atoms. The van der Waals surface area contributed by atoms with Crippen LogP contribution in [0, 0.1) is 17.8 Å². The summed E-state index contributed by atoms with van der Waals surface area (Å²) < 4.78 is 0. The molecule has 2 rings (SSSR count). The number of nitrogens with two attached hydrogens (primary N) is 1. The van der Waals surface area contributed by atoms with Crippen molar-refractivity contribution in [3.05, 3.63) is 0 Å². The van der Waals surface area contributed by atoms with Gasteiger partial charge in [0.05, 0.1) is 0 Å². The number of nitrogens with one attached hydrogen (secondary N) is 1. The Hall–Kier alpha value is -0.0800. The summed E-state index contributed by atoms with van der Waals surface area (Å²) >= 11 is 0. The van der Waals surface area contributed by atoms with Gasteiger partial charge >= 0.3 is 0 Å². The minimum Gasteiger partial charge on any atom is -0.330 e. The average Bonchev–Trinajstić information content (AvgIpc) is 2.02. The number of hydrogen-bond acceptors (Lipinski definition) is 2. The molecule has 2 unspecified atom stereocenters. The molecule has 1 saturated carbocycles. The summed E-state index contributed by atoms with van der Waals surface area (Å²) in [5.74, 6) is 2.75. The van der Waals surface area contributed by atoms with Crippen molar-refractivity contribution in [1.82, 2.24) is 5.32 Å². The molecule has 12 heavy (non-hydrogen) atoms. The van der Waals surface area contributed by atoms with Crippen LogP contribution in [0.25, 0.3) is 0 Å². The molecule has 2 fully saturated rings. The first-order chi connectivity index (χ1) is 5.92. The minimum absolute atomic E-state index is 0.768. The van der Waals surface area contributed by atoms with E-state index in [9.17, 15) is 0 Å². The fourth-order valence-electron chi connectivity index (χ4n) is 2.69. The standard InChI is InChI=1S/C10H20N2/c11-6-9-7-12-5-4-10(9)8-2-1-3-8/h8-10,12H,1-7,11H2. The molecule has 1 heterocycles. The third-order valence-corrected chi connectivity index (χ3v) is 3.72. The van der Waals surface area contributed by atoms with Crippen LogP contribution in [0.2, 0.25) is 0 Å². The van der Waals surface area contributed by atoms with Crippen LogP contribution in [0.4, 0.5) is 0 Å². The summed E-state index contributed by atoms with van der Waals surface area (Å²) in [4.78, 5) is 0. The Morgan fingerprint density at radius 3 is 2.67 bits per heavy atom. The Morgan fingerprint density at radius 2 is 2.08 bits per heavy atom. The van der Waals surface area contributed by atoms with E-state index >= 15 is 0 Å². The highest BCUT2D eigenvalue weighted by Crippen LogP contribution is 2.39. The van der Waals surface area contributed by atoms with Gasteiger partial charge in [0.15, 0.2) is 0 Å². The molecule has 70 valence electrons. The van der Waals surface area contributed by atoms with Gasteiger partial charge in [0.2, 0.25) is 0 Å². The van der Waals surface area contributed by atoms with Crippen LogP contribution >= 0.6 is 0 Å². The molecule has 0 amide bonds. The van der Waals surface area contributed by atoms with Gasteiger partial charge in [-0.3, -0.25) is 0 Å². The van der Waals surface area contributed by atoms with Crippen LogP contribution in [0.15, 0.2) is 0 Å². The van der Waals surface area contributed by atoms with Crippen molar-refractivity contribution in [3.8, 4) is 0 Å². The summed E-state index contributed by atoms with van der Waals surface area (Å²) in [6.07, 6.45) is 5.78. The van der Waals surface area contributed by atoms with E-state index in [0.717, 1.165) is 30.8 Å². The first kappa shape index (κ1) is 8.52. The van der Waals surface area contributed by atoms with E-state index in [1.54, 1.807) is 0 Å². The maximum absolute atomic E-state index is 5.77. The molecular weight excluding hydrogens is 148 g/mol. The Labute approximate surface area is 74.9 Å². The fourth-order valence-corrected chi connectivity index (χ4v) is 2.69. The zero-order valence-electron chi connectivity index (χ0n) is 7.76. The van der Waals surface area contributed by atoms with Crippen LogP contribution < -0.4 is 11.1 Å². The summed E-state index contributed by atoms with van der Waals surface area (Å²) in [5.41, 5.74) is 5.77. The van der Waals surface area contributed by atoms with Crippen LogP contribution in [0.1, 0.15) is 25.7 Å². The summed E-state index contributed by atoms with van der Waals surface area (Å²) in [6.45, 7) is 3.27. The lowest BCUT2D eigenvalue weighted by molar-refractivity contribution is 0.116. The molecule has 0 aromatic carbocycles. The molecule has 1 aliphatic carbocycles. The maximum atomic E-state index is 5.77. The third-order valence-electron chi connectivity index (χ3n) is 3.72. The number of rotatable bonds is 2. The molecular formula is C10H20N2. The zero-order valence-corrected chi connectivity index (χ0v) is 7.76. The second-order valence-electron chi connectivity index (χ2n) is 4.34. The molecule has 2 heteroatoms. The van der Waals surface area contributed by atoms with Crippen molar-refractivity contribution in [3.63, 3.8) is 0 Å². The van der Waals surface area contributed by atoms with Crippen molar-refractivity contribution < 1.29 is 0 Å². The minimum atomic E-state index is 0.768. The second kappa shape index (κ2) is 3.75. The van der Waals surface area contributed by atoms with Crippen LogP contribution in [0.3, 0.4) is 0 Å². The highest BCUT2D eigenvalue weighted by molar-refractivity contribution is 4.86. The predicted molar refractivity (Wildman–Crippen MR) is 50.9 cm³/mol. The normalized spacial score (nSPS) is 37.8. The van der Waals surface area contributed by atoms with Gasteiger partial charge in [-0.05, 0) is 43.8 Å². The lowest BCUT2D eigenvalue weighted by atomic mass is 9.68. The van der Waals surface area contributed by atoms with Gasteiger partial charge in [-0.15, -0.1) is 0 Å². The van der Waals surface area contributed by atoms with Crippen molar-refractivity contribution in [2.45, 2.75) is 25.7 Å². The van der Waals surface area contributed by atoms with E-state index in [1.165, 1.54) is 32.2 Å². The molecule has 2 nitrogen and oxygen atoms in total. The zero-order chi connectivity index (χ0) is 8.39. The lowest BCUT2D eigenvalue weighted by Crippen LogP contribution is -2.44. The van der Waals surface area contributed by atoms with Gasteiger partial charge in [-0.1, -0.05) is 19.3 Å². The van der Waals surface area contributed by atoms with Crippen molar-refractivity contribution in [1.29, 1.82) is 0 Å². The van der Waals surface area contributed by atoms with Gasteiger partial charge in [0.1, 0.15) is 0 Å². The quantitative estimate of drug-likeness (QED) is 0.645. The summed E-state index contributed by atoms with van der Waals surface area (Å²) in [5, 5.41) is 3.44. The fraction of sp³-hybridized carbons (Fsp3) is 1.00. The lowest BCUT2D eigenvalue weighted by Gasteiger charge is -2.41. The van der Waals surface area contributed by atoms with E-state index in [0.29, 0.717) is 0 Å². The molecule has 0 aromatic rings. The molecule has 1 aliphatic heterocycles. The van der Waals surface area contributed by atoms with Crippen LogP contribution in [-0.4, -0.2) is 19.6 Å². The smallest absolute Gasteiger partial charge is 0.000569 e. The molecule has 2 atom stereocenters. The number of hydrogen-bond donors (Lipinski definition) is 2. The Kier molecular flexibility index (Phi) is 2.66. The molecule has 3 N–H and O–H groups in total. The summed E-state index contributed by atoms with van der Waals surface area (Å²) in [6, 6.07) is 0. The van der Waals surface area contributed by atoms with Gasteiger partial charge in [0, 0.05) is 0 Å². The Bertz CT molecular complexity index is 143. The highest BCUT2D eigenvalue weighted by Gasteiger charge is 2.33. The van der Waals surface area contributed by atoms with E-state index < -0.39 is 0 Å². The first-order valence-electron chi connectivity index (χ1n) is 5.32. The van der Waals surface area contributed by atoms with E-state index in [2.05, 4.69) is 5.32 Å². The maximum Gasteiger partial charge on any atom is -0.000569 e. The predicted octanol–water partition coefficient (Wildman–Crippen LogP) is 0.971. The van der Waals surface area contributed by atoms with Gasteiger partial charge in [0.25, 0.3) is 0 Å². The second-order valence-corrected chi connectivity index (χ2v) is 4.34. The molecule has 0 radical (unpaired) electrons. The Balaban J connectivity index is 1.90. The SMILES string of the molecule is NCC1CNCCC1C1CCC1. The van der Waals surface area contributed by atoms with E-state index in [-0.39, 0.29) is 0 Å². The van der Waals surface area contributed by atoms with E-state index in [4.69, 9.17) is 5.73 Å². The first-order valence-corrected chi connectivity index (χ1v) is 5.32. The van der Waals surface area contributed by atoms with Crippen molar-refractivity contribution in [2.24, 2.45) is 23.5 Å². The number of piperidine rings is 1. The van der Waals surface area contributed by atoms with Crippen LogP contribution in [0.5, 0.6) is 0 Å². The Morgan fingerprint density at radius 1 is 1.25 bits per heavy atom. The molecule has 1 saturated heterocycles.